The number of benzene rings is 1. The van der Waals surface area contributed by atoms with Gasteiger partial charge in [-0.05, 0) is 33.6 Å². The molecule has 0 N–H and O–H groups in total. The Kier molecular flexibility index (Phi) is 5.51. The molecule has 1 heterocycles. The van der Waals surface area contributed by atoms with Gasteiger partial charge in [-0.15, -0.1) is 11.3 Å². The van der Waals surface area contributed by atoms with Crippen LogP contribution < -0.4 is 0 Å². The number of rotatable bonds is 6. The minimum atomic E-state index is 0.0174. The van der Waals surface area contributed by atoms with E-state index in [0.717, 1.165) is 14.2 Å². The fourth-order valence-electron chi connectivity index (χ4n) is 1.50. The van der Waals surface area contributed by atoms with E-state index >= 15 is 0 Å². The summed E-state index contributed by atoms with van der Waals surface area (Å²) in [6, 6.07) is 13.7. The van der Waals surface area contributed by atoms with E-state index in [1.807, 2.05) is 48.6 Å². The molecular weight excluding hydrogens is 324 g/mol. The van der Waals surface area contributed by atoms with Gasteiger partial charge in [0.2, 0.25) is 0 Å². The Morgan fingerprint density at radius 3 is 2.68 bits per heavy atom. The number of ketones is 1. The largest absolute Gasteiger partial charge is 0.369 e. The van der Waals surface area contributed by atoms with Gasteiger partial charge in [-0.3, -0.25) is 4.79 Å². The maximum atomic E-state index is 11.7. The molecule has 0 aliphatic heterocycles. The molecule has 0 aliphatic rings. The van der Waals surface area contributed by atoms with Crippen LogP contribution in [0.1, 0.15) is 15.2 Å². The molecule has 0 amide bonds. The predicted octanol–water partition coefficient (Wildman–Crippen LogP) is 4.42. The highest BCUT2D eigenvalue weighted by molar-refractivity contribution is 9.11. The van der Waals surface area contributed by atoms with E-state index in [0.29, 0.717) is 6.61 Å². The number of hydrogen-bond acceptors (Lipinski definition) is 3. The smallest absolute Gasteiger partial charge is 0.198 e. The molecule has 0 fully saturated rings. The van der Waals surface area contributed by atoms with Gasteiger partial charge >= 0.3 is 0 Å². The van der Waals surface area contributed by atoms with Crippen molar-refractivity contribution in [2.75, 3.05) is 13.2 Å². The Hall–Kier alpha value is -1.23. The van der Waals surface area contributed by atoms with Crippen LogP contribution in [0.25, 0.3) is 6.08 Å². The van der Waals surface area contributed by atoms with Crippen molar-refractivity contribution < 1.29 is 9.53 Å². The predicted molar refractivity (Wildman–Crippen MR) is 82.6 cm³/mol. The first-order valence-corrected chi connectivity index (χ1v) is 7.44. The molecule has 0 aliphatic carbocycles. The second-order valence-corrected chi connectivity index (χ2v) is 6.32. The molecule has 0 saturated heterocycles. The third-order valence-electron chi connectivity index (χ3n) is 2.41. The lowest BCUT2D eigenvalue weighted by Gasteiger charge is -1.98. The topological polar surface area (TPSA) is 26.3 Å². The van der Waals surface area contributed by atoms with Gasteiger partial charge < -0.3 is 4.74 Å². The van der Waals surface area contributed by atoms with E-state index in [1.54, 1.807) is 6.07 Å². The number of hydrogen-bond donors (Lipinski definition) is 0. The monoisotopic (exact) mass is 336 g/mol. The zero-order valence-electron chi connectivity index (χ0n) is 10.2. The normalized spacial score (nSPS) is 11.0. The summed E-state index contributed by atoms with van der Waals surface area (Å²) in [5.74, 6) is 0.0174. The fraction of sp³-hybridized carbons (Fsp3) is 0.133. The van der Waals surface area contributed by atoms with Crippen LogP contribution in [0.4, 0.5) is 0 Å². The van der Waals surface area contributed by atoms with E-state index in [-0.39, 0.29) is 12.4 Å². The molecule has 0 spiro atoms. The van der Waals surface area contributed by atoms with Crippen LogP contribution >= 0.6 is 27.3 Å². The lowest BCUT2D eigenvalue weighted by atomic mass is 10.2. The van der Waals surface area contributed by atoms with Gasteiger partial charge in [0.25, 0.3) is 0 Å². The Labute approximate surface area is 124 Å². The van der Waals surface area contributed by atoms with Gasteiger partial charge in [0.1, 0.15) is 6.61 Å². The maximum absolute atomic E-state index is 11.7. The SMILES string of the molecule is O=C(COCC=Cc1ccccc1)c1ccc(Br)s1. The first-order valence-electron chi connectivity index (χ1n) is 5.83. The van der Waals surface area contributed by atoms with E-state index < -0.39 is 0 Å². The molecule has 0 saturated carbocycles. The minimum absolute atomic E-state index is 0.0174. The van der Waals surface area contributed by atoms with Crippen molar-refractivity contribution in [1.29, 1.82) is 0 Å². The van der Waals surface area contributed by atoms with Gasteiger partial charge in [-0.25, -0.2) is 0 Å². The van der Waals surface area contributed by atoms with Gasteiger partial charge in [-0.1, -0.05) is 42.5 Å². The van der Waals surface area contributed by atoms with Crippen molar-refractivity contribution in [3.63, 3.8) is 0 Å². The number of ether oxygens (including phenoxy) is 1. The van der Waals surface area contributed by atoms with Crippen LogP contribution in [-0.2, 0) is 4.74 Å². The summed E-state index contributed by atoms with van der Waals surface area (Å²) in [5, 5.41) is 0. The quantitative estimate of drug-likeness (QED) is 0.576. The number of carbonyl (C=O) groups excluding carboxylic acids is 1. The van der Waals surface area contributed by atoms with E-state index in [4.69, 9.17) is 4.74 Å². The third-order valence-corrected chi connectivity index (χ3v) is 4.07. The van der Waals surface area contributed by atoms with Gasteiger partial charge in [0.05, 0.1) is 15.3 Å². The molecule has 19 heavy (non-hydrogen) atoms. The molecular formula is C15H13BrO2S. The van der Waals surface area contributed by atoms with Crippen molar-refractivity contribution in [3.05, 3.63) is 62.8 Å². The van der Waals surface area contributed by atoms with Gasteiger partial charge in [-0.2, -0.15) is 0 Å². The molecule has 1 aromatic heterocycles. The average molecular weight is 337 g/mol. The van der Waals surface area contributed by atoms with Gasteiger partial charge in [0, 0.05) is 0 Å². The number of carbonyl (C=O) groups is 1. The molecule has 0 bridgehead atoms. The summed E-state index contributed by atoms with van der Waals surface area (Å²) in [7, 11) is 0. The Balaban J connectivity index is 1.72. The lowest BCUT2D eigenvalue weighted by molar-refractivity contribution is 0.0811. The molecule has 2 rings (SSSR count). The number of thiophene rings is 1. The molecule has 0 atom stereocenters. The van der Waals surface area contributed by atoms with Crippen LogP contribution in [0.2, 0.25) is 0 Å². The van der Waals surface area contributed by atoms with Crippen molar-refractivity contribution in [1.82, 2.24) is 0 Å². The molecule has 0 radical (unpaired) electrons. The summed E-state index contributed by atoms with van der Waals surface area (Å²) in [6.45, 7) is 0.555. The number of halogens is 1. The third kappa shape index (κ3) is 4.74. The minimum Gasteiger partial charge on any atom is -0.369 e. The fourth-order valence-corrected chi connectivity index (χ4v) is 2.81. The summed E-state index contributed by atoms with van der Waals surface area (Å²) in [6.07, 6.45) is 3.89. The van der Waals surface area contributed by atoms with Crippen molar-refractivity contribution in [2.24, 2.45) is 0 Å². The second kappa shape index (κ2) is 7.38. The Bertz CT molecular complexity index is 561. The summed E-state index contributed by atoms with van der Waals surface area (Å²) in [5.41, 5.74) is 1.12. The second-order valence-electron chi connectivity index (χ2n) is 3.86. The molecule has 4 heteroatoms. The molecule has 2 aromatic rings. The van der Waals surface area contributed by atoms with E-state index in [2.05, 4.69) is 15.9 Å². The highest BCUT2D eigenvalue weighted by Gasteiger charge is 2.07. The number of Topliss-reactive ketones (excluding diaryl/α,β-unsaturated/α-hetero) is 1. The molecule has 1 aromatic carbocycles. The first kappa shape index (κ1) is 14.2. The Morgan fingerprint density at radius 2 is 2.00 bits per heavy atom. The van der Waals surface area contributed by atoms with Crippen LogP contribution in [0, 0.1) is 0 Å². The molecule has 2 nitrogen and oxygen atoms in total. The van der Waals surface area contributed by atoms with Crippen molar-refractivity contribution in [2.45, 2.75) is 0 Å². The van der Waals surface area contributed by atoms with Crippen LogP contribution in [0.5, 0.6) is 0 Å². The van der Waals surface area contributed by atoms with Crippen LogP contribution in [-0.4, -0.2) is 19.0 Å². The summed E-state index contributed by atoms with van der Waals surface area (Å²) < 4.78 is 6.29. The van der Waals surface area contributed by atoms with Crippen LogP contribution in [0.3, 0.4) is 0 Å². The molecule has 98 valence electrons. The van der Waals surface area contributed by atoms with Gasteiger partial charge in [0.15, 0.2) is 5.78 Å². The first-order chi connectivity index (χ1) is 9.25. The zero-order chi connectivity index (χ0) is 13.5. The highest BCUT2D eigenvalue weighted by atomic mass is 79.9. The van der Waals surface area contributed by atoms with Crippen molar-refractivity contribution >= 4 is 39.1 Å². The van der Waals surface area contributed by atoms with E-state index in [1.165, 1.54) is 11.3 Å². The van der Waals surface area contributed by atoms with Crippen molar-refractivity contribution in [3.8, 4) is 0 Å². The van der Waals surface area contributed by atoms with Crippen LogP contribution in [0.15, 0.2) is 52.3 Å². The highest BCUT2D eigenvalue weighted by Crippen LogP contribution is 2.22. The van der Waals surface area contributed by atoms with E-state index in [9.17, 15) is 4.79 Å². The standard InChI is InChI=1S/C15H13BrO2S/c16-15-9-8-14(19-15)13(17)11-18-10-4-7-12-5-2-1-3-6-12/h1-9H,10-11H2. The average Bonchev–Trinajstić information content (AvgIpc) is 2.86. The molecule has 0 unspecified atom stereocenters. The maximum Gasteiger partial charge on any atom is 0.198 e. The summed E-state index contributed by atoms with van der Waals surface area (Å²) >= 11 is 4.76. The summed E-state index contributed by atoms with van der Waals surface area (Å²) in [4.78, 5) is 12.5. The lowest BCUT2D eigenvalue weighted by Crippen LogP contribution is -2.07. The Morgan fingerprint density at radius 1 is 1.21 bits per heavy atom. The zero-order valence-corrected chi connectivity index (χ0v) is 12.6.